The van der Waals surface area contributed by atoms with Gasteiger partial charge in [-0.05, 0) is 44.2 Å². The Balaban J connectivity index is 1.72. The summed E-state index contributed by atoms with van der Waals surface area (Å²) in [6.45, 7) is 3.81. The average Bonchev–Trinajstić information content (AvgIpc) is 3.07. The van der Waals surface area contributed by atoms with Gasteiger partial charge < -0.3 is 18.7 Å². The topological polar surface area (TPSA) is 83.7 Å². The third-order valence-corrected chi connectivity index (χ3v) is 5.40. The number of thioether (sulfide) groups is 1. The first kappa shape index (κ1) is 20.7. The molecule has 0 N–H and O–H groups in total. The maximum Gasteiger partial charge on any atom is 0.341 e. The first-order valence-corrected chi connectivity index (χ1v) is 9.89. The van der Waals surface area contributed by atoms with Crippen LogP contribution in [-0.4, -0.2) is 30.3 Å². The Labute approximate surface area is 173 Å². The van der Waals surface area contributed by atoms with Crippen LogP contribution in [0.3, 0.4) is 0 Å². The van der Waals surface area contributed by atoms with Gasteiger partial charge >= 0.3 is 5.97 Å². The lowest BCUT2D eigenvalue weighted by Gasteiger charge is -2.12. The summed E-state index contributed by atoms with van der Waals surface area (Å²) in [5, 5.41) is 4.55. The molecule has 1 aromatic carbocycles. The van der Waals surface area contributed by atoms with E-state index < -0.39 is 5.97 Å². The molecule has 2 heterocycles. The van der Waals surface area contributed by atoms with Crippen LogP contribution in [-0.2, 0) is 17.1 Å². The van der Waals surface area contributed by atoms with Crippen LogP contribution < -0.4 is 9.47 Å². The lowest BCUT2D eigenvalue weighted by Crippen LogP contribution is -2.08. The smallest absolute Gasteiger partial charge is 0.341 e. The maximum absolute atomic E-state index is 12.7. The molecule has 3 rings (SSSR count). The number of aromatic nitrogens is 2. The second-order valence-corrected chi connectivity index (χ2v) is 7.17. The number of rotatable bonds is 8. The van der Waals surface area contributed by atoms with Gasteiger partial charge in [-0.15, -0.1) is 11.8 Å². The van der Waals surface area contributed by atoms with E-state index in [9.17, 15) is 4.79 Å². The predicted octanol–water partition coefficient (Wildman–Crippen LogP) is 4.35. The van der Waals surface area contributed by atoms with Crippen molar-refractivity contribution >= 4 is 17.7 Å². The van der Waals surface area contributed by atoms with E-state index in [0.29, 0.717) is 33.4 Å². The Bertz CT molecular complexity index is 983. The zero-order valence-electron chi connectivity index (χ0n) is 16.7. The number of hydrogen-bond donors (Lipinski definition) is 0. The zero-order valence-corrected chi connectivity index (χ0v) is 17.5. The number of benzene rings is 1. The van der Waals surface area contributed by atoms with E-state index in [4.69, 9.17) is 18.7 Å². The Kier molecular flexibility index (Phi) is 6.77. The highest BCUT2D eigenvalue weighted by molar-refractivity contribution is 7.98. The summed E-state index contributed by atoms with van der Waals surface area (Å²) in [5.74, 6) is 2.19. The molecule has 7 nitrogen and oxygen atoms in total. The fourth-order valence-electron chi connectivity index (χ4n) is 2.73. The minimum Gasteiger partial charge on any atom is -0.497 e. The minimum atomic E-state index is -0.454. The molecule has 0 saturated carbocycles. The third-order valence-electron chi connectivity index (χ3n) is 4.37. The number of nitrogens with zero attached hydrogens (tertiary/aromatic N) is 2. The van der Waals surface area contributed by atoms with Crippen LogP contribution >= 0.6 is 11.8 Å². The van der Waals surface area contributed by atoms with Crippen molar-refractivity contribution in [2.24, 2.45) is 0 Å². The molecule has 0 unspecified atom stereocenters. The number of pyridine rings is 1. The van der Waals surface area contributed by atoms with E-state index in [0.717, 1.165) is 17.0 Å². The van der Waals surface area contributed by atoms with Crippen LogP contribution in [0.5, 0.6) is 11.5 Å². The summed E-state index contributed by atoms with van der Waals surface area (Å²) in [6, 6.07) is 8.75. The molecule has 0 fully saturated rings. The molecule has 0 radical (unpaired) electrons. The molecule has 0 spiro atoms. The average molecular weight is 414 g/mol. The lowest BCUT2D eigenvalue weighted by molar-refractivity contribution is 0.0464. The molecule has 29 heavy (non-hydrogen) atoms. The third kappa shape index (κ3) is 4.89. The van der Waals surface area contributed by atoms with Gasteiger partial charge in [-0.3, -0.25) is 0 Å². The van der Waals surface area contributed by atoms with Gasteiger partial charge in [0.2, 0.25) is 0 Å². The van der Waals surface area contributed by atoms with Gasteiger partial charge in [-0.25, -0.2) is 9.78 Å². The Hall–Kier alpha value is -3.00. The molecule has 0 aliphatic heterocycles. The molecule has 0 bridgehead atoms. The largest absolute Gasteiger partial charge is 0.497 e. The van der Waals surface area contributed by atoms with Crippen LogP contribution in [0.25, 0.3) is 0 Å². The number of ether oxygens (including phenoxy) is 3. The Morgan fingerprint density at radius 2 is 2.00 bits per heavy atom. The highest BCUT2D eigenvalue weighted by Gasteiger charge is 2.17. The number of carbonyl (C=O) groups is 1. The first-order valence-electron chi connectivity index (χ1n) is 8.91. The molecule has 0 amide bonds. The van der Waals surface area contributed by atoms with Gasteiger partial charge in [0.1, 0.15) is 28.9 Å². The van der Waals surface area contributed by atoms with E-state index in [1.165, 1.54) is 11.8 Å². The number of methoxy groups -OCH3 is 2. The summed E-state index contributed by atoms with van der Waals surface area (Å²) in [6.07, 6.45) is 1.65. The molecule has 0 saturated heterocycles. The molecular weight excluding hydrogens is 392 g/mol. The van der Waals surface area contributed by atoms with Crippen molar-refractivity contribution in [2.75, 3.05) is 14.2 Å². The summed E-state index contributed by atoms with van der Waals surface area (Å²) < 4.78 is 21.3. The summed E-state index contributed by atoms with van der Waals surface area (Å²) >= 11 is 1.44. The predicted molar refractivity (Wildman–Crippen MR) is 108 cm³/mol. The zero-order chi connectivity index (χ0) is 20.8. The van der Waals surface area contributed by atoms with Crippen LogP contribution in [0, 0.1) is 13.8 Å². The highest BCUT2D eigenvalue weighted by Crippen LogP contribution is 2.29. The van der Waals surface area contributed by atoms with E-state index >= 15 is 0 Å². The molecule has 2 aromatic heterocycles. The minimum absolute atomic E-state index is 0.0576. The molecule has 0 aliphatic rings. The quantitative estimate of drug-likeness (QED) is 0.397. The van der Waals surface area contributed by atoms with Crippen LogP contribution in [0.2, 0.25) is 0 Å². The molecule has 8 heteroatoms. The van der Waals surface area contributed by atoms with Gasteiger partial charge in [0.15, 0.2) is 0 Å². The standard InChI is InChI=1S/C21H22N2O5S/c1-13-18(14(2)28-23-13)12-29-20-17(6-5-9-22-20)21(24)27-11-15-10-16(25-3)7-8-19(15)26-4/h5-10H,11-12H2,1-4H3. The normalized spacial score (nSPS) is 10.6. The number of carbonyl (C=O) groups excluding carboxylic acids is 1. The van der Waals surface area contributed by atoms with Crippen molar-refractivity contribution in [2.45, 2.75) is 31.2 Å². The fourth-order valence-corrected chi connectivity index (χ4v) is 3.86. The molecule has 3 aromatic rings. The molecular formula is C21H22N2O5S. The lowest BCUT2D eigenvalue weighted by atomic mass is 10.2. The van der Waals surface area contributed by atoms with Crippen molar-refractivity contribution in [3.05, 3.63) is 64.7 Å². The van der Waals surface area contributed by atoms with Gasteiger partial charge in [0, 0.05) is 23.1 Å². The second kappa shape index (κ2) is 9.47. The Morgan fingerprint density at radius 3 is 2.69 bits per heavy atom. The van der Waals surface area contributed by atoms with Crippen molar-refractivity contribution < 1.29 is 23.5 Å². The fraction of sp³-hybridized carbons (Fsp3) is 0.286. The second-order valence-electron chi connectivity index (χ2n) is 6.20. The van der Waals surface area contributed by atoms with Gasteiger partial charge in [-0.1, -0.05) is 5.16 Å². The van der Waals surface area contributed by atoms with E-state index in [1.807, 2.05) is 13.8 Å². The van der Waals surface area contributed by atoms with E-state index in [2.05, 4.69) is 10.1 Å². The van der Waals surface area contributed by atoms with Crippen LogP contribution in [0.4, 0.5) is 0 Å². The summed E-state index contributed by atoms with van der Waals surface area (Å²) in [4.78, 5) is 17.1. The molecule has 0 atom stereocenters. The van der Waals surface area contributed by atoms with Crippen LogP contribution in [0.1, 0.15) is 32.9 Å². The Morgan fingerprint density at radius 1 is 1.17 bits per heavy atom. The molecule has 152 valence electrons. The number of esters is 1. The van der Waals surface area contributed by atoms with Crippen molar-refractivity contribution in [1.82, 2.24) is 10.1 Å². The van der Waals surface area contributed by atoms with E-state index in [1.54, 1.807) is 50.7 Å². The summed E-state index contributed by atoms with van der Waals surface area (Å²) in [5.41, 5.74) is 2.96. The number of hydrogen-bond acceptors (Lipinski definition) is 8. The van der Waals surface area contributed by atoms with Gasteiger partial charge in [0.25, 0.3) is 0 Å². The van der Waals surface area contributed by atoms with Crippen molar-refractivity contribution in [3.63, 3.8) is 0 Å². The van der Waals surface area contributed by atoms with Gasteiger partial charge in [-0.2, -0.15) is 0 Å². The maximum atomic E-state index is 12.7. The SMILES string of the molecule is COc1ccc(OC)c(COC(=O)c2cccnc2SCc2c(C)noc2C)c1. The van der Waals surface area contributed by atoms with Crippen LogP contribution in [0.15, 0.2) is 46.1 Å². The van der Waals surface area contributed by atoms with Gasteiger partial charge in [0.05, 0.1) is 25.5 Å². The number of aryl methyl sites for hydroxylation is 2. The summed E-state index contributed by atoms with van der Waals surface area (Å²) in [7, 11) is 3.15. The van der Waals surface area contributed by atoms with Crippen molar-refractivity contribution in [3.8, 4) is 11.5 Å². The first-order chi connectivity index (χ1) is 14.0. The molecule has 0 aliphatic carbocycles. The van der Waals surface area contributed by atoms with E-state index in [-0.39, 0.29) is 6.61 Å². The highest BCUT2D eigenvalue weighted by atomic mass is 32.2. The monoisotopic (exact) mass is 414 g/mol. The van der Waals surface area contributed by atoms with Crippen molar-refractivity contribution in [1.29, 1.82) is 0 Å².